The van der Waals surface area contributed by atoms with Gasteiger partial charge >= 0.3 is 0 Å². The van der Waals surface area contributed by atoms with Crippen LogP contribution in [0.3, 0.4) is 0 Å². The van der Waals surface area contributed by atoms with Crippen LogP contribution in [0.5, 0.6) is 0 Å². The summed E-state index contributed by atoms with van der Waals surface area (Å²) in [6.07, 6.45) is 4.96. The van der Waals surface area contributed by atoms with Crippen LogP contribution in [-0.4, -0.2) is 20.3 Å². The molecule has 1 aliphatic carbocycles. The molecule has 0 saturated carbocycles. The minimum absolute atomic E-state index is 0.844. The van der Waals surface area contributed by atoms with E-state index >= 15 is 0 Å². The first-order chi connectivity index (χ1) is 7.90. The van der Waals surface area contributed by atoms with Crippen molar-refractivity contribution in [1.82, 2.24) is 5.32 Å². The minimum atomic E-state index is 0.844. The Kier molecular flexibility index (Phi) is 4.37. The molecule has 0 saturated heterocycles. The van der Waals surface area contributed by atoms with Gasteiger partial charge in [-0.1, -0.05) is 18.2 Å². The van der Waals surface area contributed by atoms with Crippen LogP contribution < -0.4 is 5.32 Å². The van der Waals surface area contributed by atoms with Crippen LogP contribution >= 0.6 is 0 Å². The van der Waals surface area contributed by atoms with Crippen molar-refractivity contribution in [1.29, 1.82) is 0 Å². The smallest absolute Gasteiger partial charge is 0.0474 e. The third kappa shape index (κ3) is 3.06. The first-order valence-electron chi connectivity index (χ1n) is 6.20. The molecule has 1 N–H and O–H groups in total. The van der Waals surface area contributed by atoms with Crippen molar-refractivity contribution in [2.24, 2.45) is 0 Å². The normalized spacial score (nSPS) is 14.1. The molecule has 0 spiro atoms. The zero-order chi connectivity index (χ0) is 11.2. The number of nitrogens with one attached hydrogen (secondary N) is 1. The van der Waals surface area contributed by atoms with Gasteiger partial charge in [-0.2, -0.15) is 0 Å². The van der Waals surface area contributed by atoms with Crippen molar-refractivity contribution in [2.75, 3.05) is 20.3 Å². The van der Waals surface area contributed by atoms with E-state index in [1.165, 1.54) is 24.8 Å². The Hall–Kier alpha value is -0.860. The predicted octanol–water partition coefficient (Wildman–Crippen LogP) is 2.30. The number of hydrogen-bond acceptors (Lipinski definition) is 2. The van der Waals surface area contributed by atoms with E-state index in [0.29, 0.717) is 0 Å². The molecule has 0 amide bonds. The van der Waals surface area contributed by atoms with Gasteiger partial charge in [0.15, 0.2) is 0 Å². The third-order valence-electron chi connectivity index (χ3n) is 3.19. The highest BCUT2D eigenvalue weighted by Gasteiger charge is 2.10. The van der Waals surface area contributed by atoms with Gasteiger partial charge in [0, 0.05) is 20.3 Å². The molecule has 0 bridgehead atoms. The Morgan fingerprint density at radius 2 is 2.12 bits per heavy atom. The van der Waals surface area contributed by atoms with Crippen LogP contribution in [0.25, 0.3) is 0 Å². The van der Waals surface area contributed by atoms with E-state index in [2.05, 4.69) is 23.5 Å². The van der Waals surface area contributed by atoms with E-state index in [0.717, 1.165) is 26.1 Å². The largest absolute Gasteiger partial charge is 0.385 e. The van der Waals surface area contributed by atoms with Crippen molar-refractivity contribution in [3.05, 3.63) is 34.9 Å². The molecule has 0 fully saturated rings. The van der Waals surface area contributed by atoms with Gasteiger partial charge in [-0.05, 0) is 48.9 Å². The summed E-state index contributed by atoms with van der Waals surface area (Å²) in [4.78, 5) is 0. The molecule has 2 rings (SSSR count). The highest BCUT2D eigenvalue weighted by atomic mass is 16.5. The molecule has 0 radical (unpaired) electrons. The average molecular weight is 219 g/mol. The number of methoxy groups -OCH3 is 1. The molecule has 1 aromatic rings. The van der Waals surface area contributed by atoms with Gasteiger partial charge < -0.3 is 10.1 Å². The minimum Gasteiger partial charge on any atom is -0.385 e. The van der Waals surface area contributed by atoms with Gasteiger partial charge in [-0.15, -0.1) is 0 Å². The number of hydrogen-bond donors (Lipinski definition) is 1. The maximum Gasteiger partial charge on any atom is 0.0474 e. The fourth-order valence-corrected chi connectivity index (χ4v) is 2.31. The molecule has 0 aromatic heterocycles. The zero-order valence-electron chi connectivity index (χ0n) is 10.1. The van der Waals surface area contributed by atoms with E-state index in [1.54, 1.807) is 18.2 Å². The Bertz CT molecular complexity index is 336. The Labute approximate surface area is 98.0 Å². The molecule has 0 atom stereocenters. The lowest BCUT2D eigenvalue weighted by atomic mass is 10.1. The maximum absolute atomic E-state index is 5.01. The second kappa shape index (κ2) is 6.02. The summed E-state index contributed by atoms with van der Waals surface area (Å²) in [7, 11) is 1.75. The molecule has 2 heteroatoms. The van der Waals surface area contributed by atoms with Gasteiger partial charge in [-0.25, -0.2) is 0 Å². The van der Waals surface area contributed by atoms with Gasteiger partial charge in [0.25, 0.3) is 0 Å². The van der Waals surface area contributed by atoms with Crippen LogP contribution in [0.15, 0.2) is 18.2 Å². The SMILES string of the molecule is COCCCNCc1ccc2c(c1)CCC2. The molecule has 0 unspecified atom stereocenters. The summed E-state index contributed by atoms with van der Waals surface area (Å²) in [5, 5.41) is 3.45. The molecular weight excluding hydrogens is 198 g/mol. The van der Waals surface area contributed by atoms with Crippen molar-refractivity contribution < 1.29 is 4.74 Å². The first-order valence-corrected chi connectivity index (χ1v) is 6.20. The Morgan fingerprint density at radius 3 is 3.00 bits per heavy atom. The molecule has 88 valence electrons. The quantitative estimate of drug-likeness (QED) is 0.741. The van der Waals surface area contributed by atoms with Gasteiger partial charge in [0.1, 0.15) is 0 Å². The summed E-state index contributed by atoms with van der Waals surface area (Å²) < 4.78 is 5.01. The topological polar surface area (TPSA) is 21.3 Å². The first kappa shape index (κ1) is 11.6. The maximum atomic E-state index is 5.01. The lowest BCUT2D eigenvalue weighted by molar-refractivity contribution is 0.194. The lowest BCUT2D eigenvalue weighted by Crippen LogP contribution is -2.16. The lowest BCUT2D eigenvalue weighted by Gasteiger charge is -2.06. The second-order valence-electron chi connectivity index (χ2n) is 4.48. The summed E-state index contributed by atoms with van der Waals surface area (Å²) in [5.74, 6) is 0. The van der Waals surface area contributed by atoms with Gasteiger partial charge in [-0.3, -0.25) is 0 Å². The van der Waals surface area contributed by atoms with Crippen molar-refractivity contribution in [2.45, 2.75) is 32.2 Å². The van der Waals surface area contributed by atoms with E-state index in [1.807, 2.05) is 0 Å². The van der Waals surface area contributed by atoms with Crippen molar-refractivity contribution in [3.8, 4) is 0 Å². The summed E-state index contributed by atoms with van der Waals surface area (Å²) in [6, 6.07) is 6.92. The van der Waals surface area contributed by atoms with E-state index < -0.39 is 0 Å². The molecule has 2 nitrogen and oxygen atoms in total. The Morgan fingerprint density at radius 1 is 1.25 bits per heavy atom. The van der Waals surface area contributed by atoms with Gasteiger partial charge in [0.2, 0.25) is 0 Å². The molecule has 16 heavy (non-hydrogen) atoms. The van der Waals surface area contributed by atoms with E-state index in [9.17, 15) is 0 Å². The Balaban J connectivity index is 1.77. The van der Waals surface area contributed by atoms with Crippen LogP contribution in [0.1, 0.15) is 29.5 Å². The summed E-state index contributed by atoms with van der Waals surface area (Å²) >= 11 is 0. The highest BCUT2D eigenvalue weighted by Crippen LogP contribution is 2.22. The molecule has 0 aliphatic heterocycles. The fraction of sp³-hybridized carbons (Fsp3) is 0.571. The summed E-state index contributed by atoms with van der Waals surface area (Å²) in [5.41, 5.74) is 4.54. The molecule has 0 heterocycles. The standard InChI is InChI=1S/C14H21NO/c1-16-9-3-8-15-11-12-6-7-13-4-2-5-14(13)10-12/h6-7,10,15H,2-5,8-9,11H2,1H3. The number of aryl methyl sites for hydroxylation is 2. The molecular formula is C14H21NO. The monoisotopic (exact) mass is 219 g/mol. The van der Waals surface area contributed by atoms with Crippen LogP contribution in [-0.2, 0) is 24.1 Å². The van der Waals surface area contributed by atoms with Crippen LogP contribution in [0.2, 0.25) is 0 Å². The van der Waals surface area contributed by atoms with E-state index in [-0.39, 0.29) is 0 Å². The average Bonchev–Trinajstić information content (AvgIpc) is 2.76. The van der Waals surface area contributed by atoms with E-state index in [4.69, 9.17) is 4.74 Å². The number of rotatable bonds is 6. The third-order valence-corrected chi connectivity index (χ3v) is 3.19. The number of ether oxygens (including phenoxy) is 1. The number of fused-ring (bicyclic) bond motifs is 1. The highest BCUT2D eigenvalue weighted by molar-refractivity contribution is 5.35. The zero-order valence-corrected chi connectivity index (χ0v) is 10.1. The molecule has 1 aliphatic rings. The predicted molar refractivity (Wildman–Crippen MR) is 66.7 cm³/mol. The molecule has 1 aromatic carbocycles. The van der Waals surface area contributed by atoms with Crippen LogP contribution in [0, 0.1) is 0 Å². The summed E-state index contributed by atoms with van der Waals surface area (Å²) in [6.45, 7) is 2.86. The fourth-order valence-electron chi connectivity index (χ4n) is 2.31. The van der Waals surface area contributed by atoms with Gasteiger partial charge in [0.05, 0.1) is 0 Å². The van der Waals surface area contributed by atoms with Crippen molar-refractivity contribution >= 4 is 0 Å². The number of benzene rings is 1. The second-order valence-corrected chi connectivity index (χ2v) is 4.48. The van der Waals surface area contributed by atoms with Crippen LogP contribution in [0.4, 0.5) is 0 Å². The van der Waals surface area contributed by atoms with Crippen molar-refractivity contribution in [3.63, 3.8) is 0 Å².